The molecular weight excluding hydrogens is 263 g/mol. The topological polar surface area (TPSA) is 35.2 Å². The van der Waals surface area contributed by atoms with Crippen LogP contribution in [0, 0.1) is 5.92 Å². The summed E-state index contributed by atoms with van der Waals surface area (Å²) in [5.74, 6) is 2.03. The van der Waals surface area contributed by atoms with Crippen LogP contribution in [-0.2, 0) is 4.74 Å². The molecular formula is C12H20F3NOS. The molecule has 2 N–H and O–H groups in total. The predicted molar refractivity (Wildman–Crippen MR) is 66.6 cm³/mol. The highest BCUT2D eigenvalue weighted by Gasteiger charge is 2.42. The second-order valence-corrected chi connectivity index (χ2v) is 6.60. The van der Waals surface area contributed by atoms with E-state index in [2.05, 4.69) is 0 Å². The van der Waals surface area contributed by atoms with Crippen LogP contribution in [0.4, 0.5) is 13.2 Å². The summed E-state index contributed by atoms with van der Waals surface area (Å²) >= 11 is 1.89. The van der Waals surface area contributed by atoms with Crippen molar-refractivity contribution in [2.24, 2.45) is 11.7 Å². The lowest BCUT2D eigenvalue weighted by Crippen LogP contribution is -2.48. The predicted octanol–water partition coefficient (Wildman–Crippen LogP) is 2.96. The monoisotopic (exact) mass is 283 g/mol. The summed E-state index contributed by atoms with van der Waals surface area (Å²) in [6.07, 6.45) is -1.77. The highest BCUT2D eigenvalue weighted by molar-refractivity contribution is 7.99. The normalized spacial score (nSPS) is 30.3. The first-order valence-corrected chi connectivity index (χ1v) is 7.60. The second-order valence-electron chi connectivity index (χ2n) is 5.38. The van der Waals surface area contributed by atoms with Crippen LogP contribution in [0.15, 0.2) is 0 Å². The molecule has 2 fully saturated rings. The van der Waals surface area contributed by atoms with Crippen LogP contribution < -0.4 is 5.73 Å². The van der Waals surface area contributed by atoms with Crippen molar-refractivity contribution in [3.63, 3.8) is 0 Å². The van der Waals surface area contributed by atoms with Gasteiger partial charge in [0.15, 0.2) is 0 Å². The van der Waals surface area contributed by atoms with Gasteiger partial charge in [-0.1, -0.05) is 0 Å². The molecule has 106 valence electrons. The van der Waals surface area contributed by atoms with Gasteiger partial charge in [0.1, 0.15) is 0 Å². The van der Waals surface area contributed by atoms with Crippen LogP contribution in [0.25, 0.3) is 0 Å². The largest absolute Gasteiger partial charge is 0.390 e. The molecule has 0 amide bonds. The van der Waals surface area contributed by atoms with Crippen LogP contribution >= 0.6 is 11.8 Å². The van der Waals surface area contributed by atoms with E-state index in [9.17, 15) is 13.2 Å². The third-order valence-corrected chi connectivity index (χ3v) is 4.99. The standard InChI is InChI=1S/C12H20F3NOS/c13-12(14,15)8-10(16)9-1-4-17-11(7-9)2-5-18-6-3-11/h9-10H,1-8,16H2. The minimum atomic E-state index is -4.16. The van der Waals surface area contributed by atoms with E-state index in [0.717, 1.165) is 24.3 Å². The summed E-state index contributed by atoms with van der Waals surface area (Å²) in [6.45, 7) is 0.556. The molecule has 2 aliphatic rings. The Morgan fingerprint density at radius 3 is 2.61 bits per heavy atom. The molecule has 0 aliphatic carbocycles. The van der Waals surface area contributed by atoms with Crippen molar-refractivity contribution in [1.82, 2.24) is 0 Å². The first-order chi connectivity index (χ1) is 8.40. The Morgan fingerprint density at radius 2 is 2.00 bits per heavy atom. The number of hydrogen-bond acceptors (Lipinski definition) is 3. The molecule has 0 radical (unpaired) electrons. The van der Waals surface area contributed by atoms with Gasteiger partial charge in [0.25, 0.3) is 0 Å². The molecule has 2 heterocycles. The number of ether oxygens (including phenoxy) is 1. The molecule has 0 aromatic carbocycles. The van der Waals surface area contributed by atoms with Gasteiger partial charge >= 0.3 is 6.18 Å². The number of thioether (sulfide) groups is 1. The number of rotatable bonds is 2. The summed E-state index contributed by atoms with van der Waals surface area (Å²) in [6, 6.07) is -0.777. The zero-order valence-corrected chi connectivity index (χ0v) is 11.2. The van der Waals surface area contributed by atoms with Crippen LogP contribution in [0.5, 0.6) is 0 Å². The summed E-state index contributed by atoms with van der Waals surface area (Å²) in [5.41, 5.74) is 5.56. The molecule has 0 saturated carbocycles. The van der Waals surface area contributed by atoms with Gasteiger partial charge in [-0.05, 0) is 43.1 Å². The van der Waals surface area contributed by atoms with Crippen molar-refractivity contribution in [2.75, 3.05) is 18.1 Å². The molecule has 1 spiro atoms. The van der Waals surface area contributed by atoms with Gasteiger partial charge in [-0.3, -0.25) is 0 Å². The van der Waals surface area contributed by atoms with Crippen LogP contribution in [-0.4, -0.2) is 35.9 Å². The summed E-state index contributed by atoms with van der Waals surface area (Å²) in [7, 11) is 0. The van der Waals surface area contributed by atoms with Crippen molar-refractivity contribution in [2.45, 2.75) is 49.9 Å². The quantitative estimate of drug-likeness (QED) is 0.846. The van der Waals surface area contributed by atoms with Gasteiger partial charge in [-0.15, -0.1) is 0 Å². The fourth-order valence-electron chi connectivity index (χ4n) is 2.96. The lowest BCUT2D eigenvalue weighted by molar-refractivity contribution is -0.150. The van der Waals surface area contributed by atoms with Crippen LogP contribution in [0.3, 0.4) is 0 Å². The number of hydrogen-bond donors (Lipinski definition) is 1. The van der Waals surface area contributed by atoms with E-state index in [4.69, 9.17) is 10.5 Å². The molecule has 2 atom stereocenters. The maximum Gasteiger partial charge on any atom is 0.390 e. The third-order valence-electron chi connectivity index (χ3n) is 4.01. The Morgan fingerprint density at radius 1 is 1.33 bits per heavy atom. The summed E-state index contributed by atoms with van der Waals surface area (Å²) in [5, 5.41) is 0. The van der Waals surface area contributed by atoms with Gasteiger partial charge in [0.05, 0.1) is 12.0 Å². The average molecular weight is 283 g/mol. The fourth-order valence-corrected chi connectivity index (χ4v) is 4.19. The van der Waals surface area contributed by atoms with Gasteiger partial charge in [0, 0.05) is 12.6 Å². The van der Waals surface area contributed by atoms with E-state index in [1.54, 1.807) is 0 Å². The maximum absolute atomic E-state index is 12.4. The Balaban J connectivity index is 1.93. The van der Waals surface area contributed by atoms with E-state index < -0.39 is 18.6 Å². The maximum atomic E-state index is 12.4. The zero-order valence-electron chi connectivity index (χ0n) is 10.3. The van der Waals surface area contributed by atoms with Gasteiger partial charge in [-0.2, -0.15) is 24.9 Å². The highest BCUT2D eigenvalue weighted by atomic mass is 32.2. The van der Waals surface area contributed by atoms with E-state index in [1.807, 2.05) is 11.8 Å². The van der Waals surface area contributed by atoms with Crippen LogP contribution in [0.1, 0.15) is 32.1 Å². The molecule has 0 bridgehead atoms. The average Bonchev–Trinajstić information content (AvgIpc) is 2.28. The van der Waals surface area contributed by atoms with Gasteiger partial charge < -0.3 is 10.5 Å². The lowest BCUT2D eigenvalue weighted by Gasteiger charge is -2.44. The molecule has 0 aromatic heterocycles. The van der Waals surface area contributed by atoms with E-state index in [0.29, 0.717) is 19.4 Å². The molecule has 2 aliphatic heterocycles. The first-order valence-electron chi connectivity index (χ1n) is 6.44. The van der Waals surface area contributed by atoms with E-state index in [-0.39, 0.29) is 11.5 Å². The fraction of sp³-hybridized carbons (Fsp3) is 1.00. The minimum absolute atomic E-state index is 0.0523. The van der Waals surface area contributed by atoms with E-state index in [1.165, 1.54) is 0 Å². The Hall–Kier alpha value is 0.0600. The molecule has 2 unspecified atom stereocenters. The van der Waals surface area contributed by atoms with Gasteiger partial charge in [-0.25, -0.2) is 0 Å². The number of alkyl halides is 3. The van der Waals surface area contributed by atoms with Crippen molar-refractivity contribution in [1.29, 1.82) is 0 Å². The third kappa shape index (κ3) is 3.78. The molecule has 18 heavy (non-hydrogen) atoms. The zero-order chi connectivity index (χ0) is 13.2. The second kappa shape index (κ2) is 5.59. The lowest BCUT2D eigenvalue weighted by atomic mass is 9.78. The first kappa shape index (κ1) is 14.5. The van der Waals surface area contributed by atoms with Crippen molar-refractivity contribution in [3.05, 3.63) is 0 Å². The molecule has 6 heteroatoms. The van der Waals surface area contributed by atoms with Crippen molar-refractivity contribution in [3.8, 4) is 0 Å². The highest BCUT2D eigenvalue weighted by Crippen LogP contribution is 2.41. The summed E-state index contributed by atoms with van der Waals surface area (Å²) in [4.78, 5) is 0. The Bertz CT molecular complexity index is 273. The SMILES string of the molecule is NC(CC(F)(F)F)C1CCOC2(CCSCC2)C1. The summed E-state index contributed by atoms with van der Waals surface area (Å²) < 4.78 is 43.0. The minimum Gasteiger partial charge on any atom is -0.375 e. The van der Waals surface area contributed by atoms with Crippen molar-refractivity contribution >= 4 is 11.8 Å². The molecule has 0 aromatic rings. The molecule has 2 rings (SSSR count). The smallest absolute Gasteiger partial charge is 0.375 e. The Kier molecular flexibility index (Phi) is 4.49. The molecule has 2 saturated heterocycles. The van der Waals surface area contributed by atoms with E-state index >= 15 is 0 Å². The Labute approximate surface area is 110 Å². The van der Waals surface area contributed by atoms with Crippen LogP contribution in [0.2, 0.25) is 0 Å². The number of nitrogens with two attached hydrogens (primary N) is 1. The number of halogens is 3. The van der Waals surface area contributed by atoms with Gasteiger partial charge in [0.2, 0.25) is 0 Å². The molecule has 2 nitrogen and oxygen atoms in total. The van der Waals surface area contributed by atoms with Crippen molar-refractivity contribution < 1.29 is 17.9 Å².